The third kappa shape index (κ3) is 5.31. The maximum atomic E-state index is 6.04. The maximum absolute atomic E-state index is 6.04. The van der Waals surface area contributed by atoms with Gasteiger partial charge in [-0.3, -0.25) is 0 Å². The summed E-state index contributed by atoms with van der Waals surface area (Å²) in [6, 6.07) is 2.50. The van der Waals surface area contributed by atoms with E-state index in [4.69, 9.17) is 10.7 Å². The predicted molar refractivity (Wildman–Crippen MR) is 92.9 cm³/mol. The van der Waals surface area contributed by atoms with Crippen molar-refractivity contribution in [3.05, 3.63) is 23.4 Å². The van der Waals surface area contributed by atoms with Crippen molar-refractivity contribution in [1.82, 2.24) is 4.98 Å². The lowest BCUT2D eigenvalue weighted by molar-refractivity contribution is 0.484. The fourth-order valence-corrected chi connectivity index (χ4v) is 2.74. The average molecular weight is 291 g/mol. The molecule has 0 spiro atoms. The molecular formula is C18H33N3. The topological polar surface area (TPSA) is 42.1 Å². The first kappa shape index (κ1) is 18.0. The van der Waals surface area contributed by atoms with Gasteiger partial charge in [-0.05, 0) is 43.7 Å². The average Bonchev–Trinajstić information content (AvgIpc) is 2.49. The minimum Gasteiger partial charge on any atom is -0.356 e. The van der Waals surface area contributed by atoms with E-state index in [9.17, 15) is 0 Å². The second-order valence-corrected chi connectivity index (χ2v) is 6.08. The number of hydrogen-bond donors (Lipinski definition) is 1. The SMILES string of the molecule is CCC(N)Cc1cnc(N(CC)CC(CC)CC)c(C)c1. The highest BCUT2D eigenvalue weighted by atomic mass is 15.2. The lowest BCUT2D eigenvalue weighted by atomic mass is 10.0. The van der Waals surface area contributed by atoms with Crippen molar-refractivity contribution in [3.63, 3.8) is 0 Å². The molecular weight excluding hydrogens is 258 g/mol. The normalized spacial score (nSPS) is 12.7. The lowest BCUT2D eigenvalue weighted by Crippen LogP contribution is -2.30. The molecule has 0 fully saturated rings. The number of rotatable bonds is 9. The van der Waals surface area contributed by atoms with Crippen molar-refractivity contribution in [2.24, 2.45) is 11.7 Å². The van der Waals surface area contributed by atoms with Crippen LogP contribution in [-0.2, 0) is 6.42 Å². The zero-order chi connectivity index (χ0) is 15.8. The Morgan fingerprint density at radius 2 is 1.81 bits per heavy atom. The van der Waals surface area contributed by atoms with Crippen molar-refractivity contribution in [2.45, 2.75) is 66.3 Å². The lowest BCUT2D eigenvalue weighted by Gasteiger charge is -2.28. The molecule has 0 amide bonds. The van der Waals surface area contributed by atoms with E-state index >= 15 is 0 Å². The molecule has 1 atom stereocenters. The molecule has 0 saturated heterocycles. The Labute approximate surface area is 130 Å². The molecule has 120 valence electrons. The second kappa shape index (κ2) is 9.04. The maximum Gasteiger partial charge on any atom is 0.131 e. The highest BCUT2D eigenvalue weighted by Crippen LogP contribution is 2.21. The Kier molecular flexibility index (Phi) is 7.73. The first-order valence-corrected chi connectivity index (χ1v) is 8.51. The monoisotopic (exact) mass is 291 g/mol. The fourth-order valence-electron chi connectivity index (χ4n) is 2.74. The van der Waals surface area contributed by atoms with Crippen molar-refractivity contribution in [2.75, 3.05) is 18.0 Å². The Balaban J connectivity index is 2.85. The molecule has 2 N–H and O–H groups in total. The molecule has 1 rings (SSSR count). The first-order chi connectivity index (χ1) is 10.0. The highest BCUT2D eigenvalue weighted by molar-refractivity contribution is 5.47. The van der Waals surface area contributed by atoms with E-state index in [0.29, 0.717) is 0 Å². The van der Waals surface area contributed by atoms with Crippen LogP contribution in [0.5, 0.6) is 0 Å². The molecule has 3 nitrogen and oxygen atoms in total. The quantitative estimate of drug-likeness (QED) is 0.749. The number of anilines is 1. The van der Waals surface area contributed by atoms with E-state index in [1.165, 1.54) is 24.0 Å². The van der Waals surface area contributed by atoms with Gasteiger partial charge in [0.25, 0.3) is 0 Å². The standard InChI is InChI=1S/C18H33N3/c1-6-15(7-2)13-21(9-4)18-14(5)10-16(12-20-18)11-17(19)8-3/h10,12,15,17H,6-9,11,13,19H2,1-5H3. The van der Waals surface area contributed by atoms with E-state index in [1.54, 1.807) is 0 Å². The van der Waals surface area contributed by atoms with Crippen LogP contribution in [-0.4, -0.2) is 24.1 Å². The van der Waals surface area contributed by atoms with Crippen LogP contribution >= 0.6 is 0 Å². The van der Waals surface area contributed by atoms with Gasteiger partial charge in [0.2, 0.25) is 0 Å². The molecule has 1 heterocycles. The molecule has 0 aliphatic carbocycles. The fraction of sp³-hybridized carbons (Fsp3) is 0.722. The van der Waals surface area contributed by atoms with Gasteiger partial charge in [0.15, 0.2) is 0 Å². The van der Waals surface area contributed by atoms with Crippen molar-refractivity contribution < 1.29 is 0 Å². The summed E-state index contributed by atoms with van der Waals surface area (Å²) in [5.74, 6) is 1.89. The summed E-state index contributed by atoms with van der Waals surface area (Å²) >= 11 is 0. The minimum atomic E-state index is 0.240. The van der Waals surface area contributed by atoms with E-state index in [1.807, 2.05) is 6.20 Å². The molecule has 3 heteroatoms. The summed E-state index contributed by atoms with van der Waals surface area (Å²) in [6.07, 6.45) is 6.40. The number of nitrogens with two attached hydrogens (primary N) is 1. The van der Waals surface area contributed by atoms with Gasteiger partial charge in [-0.15, -0.1) is 0 Å². The molecule has 0 aliphatic rings. The van der Waals surface area contributed by atoms with Crippen LogP contribution in [0.2, 0.25) is 0 Å². The molecule has 1 unspecified atom stereocenters. The van der Waals surface area contributed by atoms with Gasteiger partial charge in [0, 0.05) is 25.3 Å². The van der Waals surface area contributed by atoms with Gasteiger partial charge >= 0.3 is 0 Å². The highest BCUT2D eigenvalue weighted by Gasteiger charge is 2.14. The summed E-state index contributed by atoms with van der Waals surface area (Å²) in [7, 11) is 0. The number of pyridine rings is 1. The van der Waals surface area contributed by atoms with Crippen LogP contribution < -0.4 is 10.6 Å². The van der Waals surface area contributed by atoms with Crippen LogP contribution in [0.3, 0.4) is 0 Å². The van der Waals surface area contributed by atoms with E-state index in [2.05, 4.69) is 45.6 Å². The summed E-state index contributed by atoms with van der Waals surface area (Å²) in [5.41, 5.74) is 8.56. The molecule has 0 saturated carbocycles. The van der Waals surface area contributed by atoms with Gasteiger partial charge in [-0.25, -0.2) is 4.98 Å². The molecule has 0 aromatic carbocycles. The first-order valence-electron chi connectivity index (χ1n) is 8.51. The molecule has 21 heavy (non-hydrogen) atoms. The molecule has 1 aromatic heterocycles. The number of hydrogen-bond acceptors (Lipinski definition) is 3. The van der Waals surface area contributed by atoms with E-state index < -0.39 is 0 Å². The molecule has 0 radical (unpaired) electrons. The van der Waals surface area contributed by atoms with Crippen molar-refractivity contribution >= 4 is 5.82 Å². The van der Waals surface area contributed by atoms with Gasteiger partial charge < -0.3 is 10.6 Å². The smallest absolute Gasteiger partial charge is 0.131 e. The van der Waals surface area contributed by atoms with Crippen molar-refractivity contribution in [3.8, 4) is 0 Å². The van der Waals surface area contributed by atoms with E-state index in [-0.39, 0.29) is 6.04 Å². The number of nitrogens with zero attached hydrogens (tertiary/aromatic N) is 2. The zero-order valence-electron chi connectivity index (χ0n) is 14.5. The predicted octanol–water partition coefficient (Wildman–Crippen LogP) is 3.93. The Morgan fingerprint density at radius 3 is 2.29 bits per heavy atom. The number of aromatic nitrogens is 1. The summed E-state index contributed by atoms with van der Waals surface area (Å²) in [6.45, 7) is 13.2. The molecule has 1 aromatic rings. The summed E-state index contributed by atoms with van der Waals surface area (Å²) < 4.78 is 0. The Morgan fingerprint density at radius 1 is 1.14 bits per heavy atom. The van der Waals surface area contributed by atoms with Crippen LogP contribution in [0.15, 0.2) is 12.3 Å². The number of aryl methyl sites for hydroxylation is 1. The van der Waals surface area contributed by atoms with Gasteiger partial charge in [0.1, 0.15) is 5.82 Å². The Hall–Kier alpha value is -1.09. The molecule has 0 aliphatic heterocycles. The van der Waals surface area contributed by atoms with Gasteiger partial charge in [-0.1, -0.05) is 39.7 Å². The third-order valence-corrected chi connectivity index (χ3v) is 4.44. The van der Waals surface area contributed by atoms with Gasteiger partial charge in [0.05, 0.1) is 0 Å². The third-order valence-electron chi connectivity index (χ3n) is 4.44. The zero-order valence-corrected chi connectivity index (χ0v) is 14.5. The summed E-state index contributed by atoms with van der Waals surface area (Å²) in [5, 5.41) is 0. The largest absolute Gasteiger partial charge is 0.356 e. The Bertz CT molecular complexity index is 413. The minimum absolute atomic E-state index is 0.240. The van der Waals surface area contributed by atoms with Crippen LogP contribution in [0.4, 0.5) is 5.82 Å². The van der Waals surface area contributed by atoms with E-state index in [0.717, 1.165) is 37.7 Å². The van der Waals surface area contributed by atoms with Crippen LogP contribution in [0.25, 0.3) is 0 Å². The van der Waals surface area contributed by atoms with Gasteiger partial charge in [-0.2, -0.15) is 0 Å². The van der Waals surface area contributed by atoms with Crippen LogP contribution in [0, 0.1) is 12.8 Å². The van der Waals surface area contributed by atoms with Crippen molar-refractivity contribution in [1.29, 1.82) is 0 Å². The van der Waals surface area contributed by atoms with Crippen LogP contribution in [0.1, 0.15) is 58.1 Å². The summed E-state index contributed by atoms with van der Waals surface area (Å²) in [4.78, 5) is 7.14. The second-order valence-electron chi connectivity index (χ2n) is 6.08. The molecule has 0 bridgehead atoms.